The third-order valence-corrected chi connectivity index (χ3v) is 4.37. The van der Waals surface area contributed by atoms with Gasteiger partial charge in [0.2, 0.25) is 0 Å². The van der Waals surface area contributed by atoms with E-state index < -0.39 is 0 Å². The summed E-state index contributed by atoms with van der Waals surface area (Å²) in [6, 6.07) is 15.7. The fourth-order valence-corrected chi connectivity index (χ4v) is 2.91. The highest BCUT2D eigenvalue weighted by molar-refractivity contribution is 6.04. The van der Waals surface area contributed by atoms with Crippen molar-refractivity contribution in [3.63, 3.8) is 0 Å². The number of nitrogens with one attached hydrogen (secondary N) is 2. The zero-order chi connectivity index (χ0) is 17.1. The van der Waals surface area contributed by atoms with Gasteiger partial charge in [0.25, 0.3) is 5.91 Å². The Morgan fingerprint density at radius 1 is 1.08 bits per heavy atom. The Labute approximate surface area is 143 Å². The second-order valence-electron chi connectivity index (χ2n) is 6.51. The molecular weight excluding hydrogens is 300 g/mol. The summed E-state index contributed by atoms with van der Waals surface area (Å²) in [4.78, 5) is 12.3. The molecule has 1 aliphatic heterocycles. The van der Waals surface area contributed by atoms with Crippen LogP contribution in [0.5, 0.6) is 0 Å². The molecule has 0 unspecified atom stereocenters. The number of carbonyl (C=O) groups excluding carboxylic acids is 1. The van der Waals surface area contributed by atoms with Gasteiger partial charge in [0.05, 0.1) is 12.2 Å². The van der Waals surface area contributed by atoms with E-state index in [9.17, 15) is 4.79 Å². The summed E-state index contributed by atoms with van der Waals surface area (Å²) in [5.41, 5.74) is 3.70. The second kappa shape index (κ2) is 7.16. The predicted octanol–water partition coefficient (Wildman–Crippen LogP) is 3.69. The van der Waals surface area contributed by atoms with Crippen LogP contribution in [0.3, 0.4) is 0 Å². The molecule has 2 N–H and O–H groups in total. The molecule has 4 heteroatoms. The fourth-order valence-electron chi connectivity index (χ4n) is 2.91. The molecule has 0 saturated carbocycles. The molecule has 3 atom stereocenters. The minimum atomic E-state index is -0.0969. The maximum Gasteiger partial charge on any atom is 0.255 e. The van der Waals surface area contributed by atoms with Crippen LogP contribution < -0.4 is 10.6 Å². The van der Waals surface area contributed by atoms with Gasteiger partial charge in [-0.2, -0.15) is 0 Å². The highest BCUT2D eigenvalue weighted by Crippen LogP contribution is 2.27. The predicted molar refractivity (Wildman–Crippen MR) is 96.3 cm³/mol. The van der Waals surface area contributed by atoms with Crippen LogP contribution in [0, 0.1) is 6.92 Å². The molecule has 1 fully saturated rings. The lowest BCUT2D eigenvalue weighted by atomic mass is 10.0. The Kier molecular flexibility index (Phi) is 4.97. The highest BCUT2D eigenvalue weighted by atomic mass is 16.5. The lowest BCUT2D eigenvalue weighted by molar-refractivity contribution is -0.0520. The average molecular weight is 324 g/mol. The molecule has 0 bridgehead atoms. The molecule has 3 rings (SSSR count). The number of rotatable bonds is 3. The van der Waals surface area contributed by atoms with E-state index >= 15 is 0 Å². The summed E-state index contributed by atoms with van der Waals surface area (Å²) in [6.07, 6.45) is 0.239. The molecule has 2 aromatic carbocycles. The standard InChI is InChI=1S/C20H24N2O2/c1-13-4-6-17(7-5-13)20(23)22-18-10-8-16(9-11-18)19-15(3)21-12-14(2)24-19/h4-11,14-15,19,21H,12H2,1-3H3,(H,22,23)/t14-,15-,19-/m1/s1. The van der Waals surface area contributed by atoms with Gasteiger partial charge in [0, 0.05) is 23.8 Å². The fraction of sp³-hybridized carbons (Fsp3) is 0.350. The van der Waals surface area contributed by atoms with Crippen LogP contribution in [0.15, 0.2) is 48.5 Å². The third-order valence-electron chi connectivity index (χ3n) is 4.37. The molecule has 1 saturated heterocycles. The zero-order valence-electron chi connectivity index (χ0n) is 14.4. The van der Waals surface area contributed by atoms with Crippen molar-refractivity contribution >= 4 is 11.6 Å². The van der Waals surface area contributed by atoms with Gasteiger partial charge in [-0.05, 0) is 50.6 Å². The summed E-state index contributed by atoms with van der Waals surface area (Å²) in [5, 5.41) is 6.39. The van der Waals surface area contributed by atoms with Crippen molar-refractivity contribution in [2.45, 2.75) is 39.0 Å². The first-order valence-corrected chi connectivity index (χ1v) is 8.40. The molecule has 1 heterocycles. The molecule has 0 aliphatic carbocycles. The van der Waals surface area contributed by atoms with Gasteiger partial charge in [-0.1, -0.05) is 29.8 Å². The van der Waals surface area contributed by atoms with Crippen molar-refractivity contribution in [2.75, 3.05) is 11.9 Å². The van der Waals surface area contributed by atoms with Crippen molar-refractivity contribution < 1.29 is 9.53 Å². The minimum Gasteiger partial charge on any atom is -0.368 e. The first kappa shape index (κ1) is 16.7. The van der Waals surface area contributed by atoms with Gasteiger partial charge in [0.15, 0.2) is 0 Å². The van der Waals surface area contributed by atoms with Crippen molar-refractivity contribution in [1.82, 2.24) is 5.32 Å². The van der Waals surface area contributed by atoms with E-state index in [-0.39, 0.29) is 24.2 Å². The van der Waals surface area contributed by atoms with E-state index in [4.69, 9.17) is 4.74 Å². The number of ether oxygens (including phenoxy) is 1. The number of carbonyl (C=O) groups is 1. The first-order valence-electron chi connectivity index (χ1n) is 8.40. The normalized spacial score (nSPS) is 23.7. The molecule has 1 amide bonds. The molecular formula is C20H24N2O2. The topological polar surface area (TPSA) is 50.4 Å². The lowest BCUT2D eigenvalue weighted by Crippen LogP contribution is -2.45. The zero-order valence-corrected chi connectivity index (χ0v) is 14.4. The molecule has 2 aromatic rings. The molecule has 0 spiro atoms. The Hall–Kier alpha value is -2.17. The van der Waals surface area contributed by atoms with Crippen LogP contribution >= 0.6 is 0 Å². The van der Waals surface area contributed by atoms with Crippen molar-refractivity contribution in [2.24, 2.45) is 0 Å². The van der Waals surface area contributed by atoms with E-state index in [0.29, 0.717) is 5.56 Å². The number of hydrogen-bond acceptors (Lipinski definition) is 3. The average Bonchev–Trinajstić information content (AvgIpc) is 2.58. The Morgan fingerprint density at radius 2 is 1.75 bits per heavy atom. The monoisotopic (exact) mass is 324 g/mol. The van der Waals surface area contributed by atoms with Crippen molar-refractivity contribution in [3.8, 4) is 0 Å². The van der Waals surface area contributed by atoms with Gasteiger partial charge in [-0.3, -0.25) is 4.79 Å². The summed E-state index contributed by atoms with van der Waals surface area (Å²) < 4.78 is 6.04. The van der Waals surface area contributed by atoms with Crippen LogP contribution in [0.4, 0.5) is 5.69 Å². The molecule has 24 heavy (non-hydrogen) atoms. The number of morpholine rings is 1. The van der Waals surface area contributed by atoms with Gasteiger partial charge >= 0.3 is 0 Å². The molecule has 0 radical (unpaired) electrons. The van der Waals surface area contributed by atoms with Gasteiger partial charge in [-0.25, -0.2) is 0 Å². The maximum absolute atomic E-state index is 12.3. The number of hydrogen-bond donors (Lipinski definition) is 2. The summed E-state index contributed by atoms with van der Waals surface area (Å²) in [5.74, 6) is -0.0969. The maximum atomic E-state index is 12.3. The Balaban J connectivity index is 1.68. The number of anilines is 1. The minimum absolute atomic E-state index is 0.0376. The quantitative estimate of drug-likeness (QED) is 0.905. The van der Waals surface area contributed by atoms with Crippen LogP contribution in [0.1, 0.15) is 41.4 Å². The molecule has 126 valence electrons. The van der Waals surface area contributed by atoms with Gasteiger partial charge in [-0.15, -0.1) is 0 Å². The van der Waals surface area contributed by atoms with E-state index in [1.807, 2.05) is 55.5 Å². The van der Waals surface area contributed by atoms with Crippen molar-refractivity contribution in [3.05, 3.63) is 65.2 Å². The van der Waals surface area contributed by atoms with Crippen LogP contribution in [-0.4, -0.2) is 24.6 Å². The SMILES string of the molecule is Cc1ccc(C(=O)Nc2ccc([C@@H]3O[C@H](C)CN[C@@H]3C)cc2)cc1. The number of benzene rings is 2. The number of aryl methyl sites for hydroxylation is 1. The van der Waals surface area contributed by atoms with Crippen molar-refractivity contribution in [1.29, 1.82) is 0 Å². The lowest BCUT2D eigenvalue weighted by Gasteiger charge is -2.34. The largest absolute Gasteiger partial charge is 0.368 e. The highest BCUT2D eigenvalue weighted by Gasteiger charge is 2.26. The summed E-state index contributed by atoms with van der Waals surface area (Å²) in [7, 11) is 0. The number of amides is 1. The molecule has 0 aromatic heterocycles. The molecule has 1 aliphatic rings. The first-order chi connectivity index (χ1) is 11.5. The Morgan fingerprint density at radius 3 is 2.42 bits per heavy atom. The smallest absolute Gasteiger partial charge is 0.255 e. The van der Waals surface area contributed by atoms with E-state index in [2.05, 4.69) is 24.5 Å². The van der Waals surface area contributed by atoms with E-state index in [1.165, 1.54) is 0 Å². The second-order valence-corrected chi connectivity index (χ2v) is 6.51. The van der Waals surface area contributed by atoms with Crippen LogP contribution in [0.2, 0.25) is 0 Å². The summed E-state index contributed by atoms with van der Waals surface area (Å²) in [6.45, 7) is 7.08. The molecule has 4 nitrogen and oxygen atoms in total. The van der Waals surface area contributed by atoms with Crippen LogP contribution in [0.25, 0.3) is 0 Å². The third kappa shape index (κ3) is 3.83. The van der Waals surface area contributed by atoms with Gasteiger partial charge in [0.1, 0.15) is 0 Å². The van der Waals surface area contributed by atoms with Crippen LogP contribution in [-0.2, 0) is 4.74 Å². The van der Waals surface area contributed by atoms with Gasteiger partial charge < -0.3 is 15.4 Å². The van der Waals surface area contributed by atoms with E-state index in [1.54, 1.807) is 0 Å². The Bertz CT molecular complexity index is 695. The summed E-state index contributed by atoms with van der Waals surface area (Å²) >= 11 is 0. The van der Waals surface area contributed by atoms with E-state index in [0.717, 1.165) is 23.4 Å².